The van der Waals surface area contributed by atoms with Gasteiger partial charge in [0.1, 0.15) is 12.0 Å². The van der Waals surface area contributed by atoms with Crippen LogP contribution in [0.5, 0.6) is 0 Å². The van der Waals surface area contributed by atoms with Gasteiger partial charge >= 0.3 is 5.97 Å². The summed E-state index contributed by atoms with van der Waals surface area (Å²) in [4.78, 5) is 52.6. The molecule has 0 bridgehead atoms. The maximum absolute atomic E-state index is 17.7. The number of carbonyl (C=O) groups is 4. The molecule has 0 amide bonds. The van der Waals surface area contributed by atoms with Gasteiger partial charge in [0.2, 0.25) is 5.78 Å². The molecular weight excluding hydrogens is 614 g/mol. The zero-order valence-electron chi connectivity index (χ0n) is 28.3. The molecule has 1 aliphatic heterocycles. The van der Waals surface area contributed by atoms with Crippen LogP contribution in [-0.2, 0) is 33.4 Å². The van der Waals surface area contributed by atoms with Gasteiger partial charge in [0.15, 0.2) is 29.9 Å². The Kier molecular flexibility index (Phi) is 9.82. The summed E-state index contributed by atoms with van der Waals surface area (Å²) < 4.78 is 52.0. The second-order valence-electron chi connectivity index (χ2n) is 15.4. The van der Waals surface area contributed by atoms with E-state index in [-0.39, 0.29) is 49.6 Å². The molecule has 12 atom stereocenters. The van der Waals surface area contributed by atoms with Crippen molar-refractivity contribution in [3.05, 3.63) is 23.8 Å². The van der Waals surface area contributed by atoms with Gasteiger partial charge < -0.3 is 24.4 Å². The van der Waals surface area contributed by atoms with E-state index in [9.17, 15) is 29.4 Å². The number of esters is 1. The van der Waals surface area contributed by atoms with Crippen LogP contribution in [0, 0.1) is 40.4 Å². The summed E-state index contributed by atoms with van der Waals surface area (Å²) in [6.07, 6.45) is -0.0702. The molecule has 0 aromatic carbocycles. The molecule has 1 heterocycles. The molecule has 1 saturated heterocycles. The maximum Gasteiger partial charge on any atom is 0.309 e. The number of aliphatic hydroxyl groups excluding tert-OH is 2. The lowest BCUT2D eigenvalue weighted by molar-refractivity contribution is -0.235. The van der Waals surface area contributed by atoms with Gasteiger partial charge in [0.25, 0.3) is 0 Å². The Morgan fingerprint density at radius 3 is 2.49 bits per heavy atom. The second kappa shape index (κ2) is 12.8. The Labute approximate surface area is 275 Å². The molecule has 262 valence electrons. The number of fused-ring (bicyclic) bond motifs is 7. The predicted octanol–water partition coefficient (Wildman–Crippen LogP) is 4.56. The zero-order chi connectivity index (χ0) is 34.7. The molecule has 1 unspecified atom stereocenters. The first-order valence-corrected chi connectivity index (χ1v) is 17.1. The van der Waals surface area contributed by atoms with Crippen LogP contribution in [0.25, 0.3) is 0 Å². The predicted molar refractivity (Wildman–Crippen MR) is 166 cm³/mol. The summed E-state index contributed by atoms with van der Waals surface area (Å²) in [6.45, 7) is 9.57. The first-order valence-electron chi connectivity index (χ1n) is 17.1. The lowest BCUT2D eigenvalue weighted by Gasteiger charge is -2.63. The van der Waals surface area contributed by atoms with E-state index in [1.807, 2.05) is 20.8 Å². The first-order chi connectivity index (χ1) is 22.0. The van der Waals surface area contributed by atoms with Crippen LogP contribution in [0.15, 0.2) is 23.8 Å². The topological polar surface area (TPSA) is 136 Å². The molecule has 47 heavy (non-hydrogen) atoms. The lowest BCUT2D eigenvalue weighted by atomic mass is 9.44. The van der Waals surface area contributed by atoms with Crippen LogP contribution in [-0.4, -0.2) is 82.7 Å². The van der Waals surface area contributed by atoms with E-state index in [2.05, 4.69) is 0 Å². The SMILES string of the molecule is CCCC1O[C@@H]2C[C@H]3[C@@H]4C[C@H](F)C5=CC(=O)C=C[C@]5(C)[C@@]4(F)[C@@H](O)C[C@]3(C)[C@]2(C(=O)COC(=O)[C@@H](CC(=O)[C@@H](C)CO)CC(C)C)O1. The van der Waals surface area contributed by atoms with Gasteiger partial charge in [-0.25, -0.2) is 8.78 Å². The minimum Gasteiger partial charge on any atom is -0.457 e. The number of halogens is 2. The van der Waals surface area contributed by atoms with E-state index in [0.717, 1.165) is 6.08 Å². The molecule has 0 radical (unpaired) electrons. The fourth-order valence-electron chi connectivity index (χ4n) is 9.63. The Morgan fingerprint density at radius 2 is 1.85 bits per heavy atom. The average Bonchev–Trinajstić information content (AvgIpc) is 3.49. The molecular formula is C36H50F2O9. The van der Waals surface area contributed by atoms with Crippen molar-refractivity contribution in [1.29, 1.82) is 0 Å². The van der Waals surface area contributed by atoms with E-state index < -0.39 is 94.6 Å². The van der Waals surface area contributed by atoms with Crippen LogP contribution >= 0.6 is 0 Å². The highest BCUT2D eigenvalue weighted by molar-refractivity contribution is 6.01. The maximum atomic E-state index is 17.7. The number of ketones is 3. The first kappa shape index (κ1) is 36.0. The molecule has 9 nitrogen and oxygen atoms in total. The molecule has 0 aromatic rings. The number of alkyl halides is 2. The van der Waals surface area contributed by atoms with Gasteiger partial charge in [-0.1, -0.05) is 47.1 Å². The lowest BCUT2D eigenvalue weighted by Crippen LogP contribution is -2.71. The van der Waals surface area contributed by atoms with E-state index >= 15 is 8.78 Å². The number of Topliss-reactive ketones (excluding diaryl/α,β-unsaturated/α-hetero) is 2. The number of aliphatic hydroxyl groups is 2. The fraction of sp³-hybridized carbons (Fsp3) is 0.778. The summed E-state index contributed by atoms with van der Waals surface area (Å²) in [6, 6.07) is 0. The average molecular weight is 665 g/mol. The quantitative estimate of drug-likeness (QED) is 0.288. The summed E-state index contributed by atoms with van der Waals surface area (Å²) in [7, 11) is 0. The Bertz CT molecular complexity index is 1350. The van der Waals surface area contributed by atoms with Crippen molar-refractivity contribution in [1.82, 2.24) is 0 Å². The third-order valence-electron chi connectivity index (χ3n) is 12.1. The van der Waals surface area contributed by atoms with Gasteiger partial charge in [-0.3, -0.25) is 19.2 Å². The monoisotopic (exact) mass is 664 g/mol. The van der Waals surface area contributed by atoms with Crippen molar-refractivity contribution in [3.63, 3.8) is 0 Å². The van der Waals surface area contributed by atoms with Crippen molar-refractivity contribution in [2.45, 2.75) is 122 Å². The van der Waals surface area contributed by atoms with Gasteiger partial charge in [0.05, 0.1) is 24.7 Å². The second-order valence-corrected chi connectivity index (χ2v) is 15.4. The van der Waals surface area contributed by atoms with Gasteiger partial charge in [-0.05, 0) is 68.6 Å². The highest BCUT2D eigenvalue weighted by atomic mass is 19.1. The molecule has 0 aromatic heterocycles. The minimum absolute atomic E-state index is 0.0145. The Morgan fingerprint density at radius 1 is 1.15 bits per heavy atom. The van der Waals surface area contributed by atoms with Crippen LogP contribution in [0.3, 0.4) is 0 Å². The summed E-state index contributed by atoms with van der Waals surface area (Å²) in [5, 5.41) is 21.2. The molecule has 5 aliphatic rings. The van der Waals surface area contributed by atoms with Crippen LogP contribution in [0.1, 0.15) is 86.5 Å². The van der Waals surface area contributed by atoms with Crippen molar-refractivity contribution in [3.8, 4) is 0 Å². The summed E-state index contributed by atoms with van der Waals surface area (Å²) in [5.74, 6) is -5.10. The van der Waals surface area contributed by atoms with Crippen molar-refractivity contribution >= 4 is 23.3 Å². The van der Waals surface area contributed by atoms with Crippen LogP contribution < -0.4 is 0 Å². The molecule has 11 heteroatoms. The van der Waals surface area contributed by atoms with E-state index in [4.69, 9.17) is 14.2 Å². The smallest absolute Gasteiger partial charge is 0.309 e. The number of ether oxygens (including phenoxy) is 3. The molecule has 2 N–H and O–H groups in total. The molecule has 0 spiro atoms. The van der Waals surface area contributed by atoms with Crippen LogP contribution in [0.2, 0.25) is 0 Å². The van der Waals surface area contributed by atoms with Gasteiger partial charge in [-0.2, -0.15) is 0 Å². The number of allylic oxidation sites excluding steroid dienone is 4. The normalized spacial score (nSPS) is 41.8. The van der Waals surface area contributed by atoms with Crippen LogP contribution in [0.4, 0.5) is 8.78 Å². The molecule has 3 saturated carbocycles. The molecule has 5 rings (SSSR count). The number of hydrogen-bond donors (Lipinski definition) is 2. The van der Waals surface area contributed by atoms with Gasteiger partial charge in [0, 0.05) is 29.1 Å². The highest BCUT2D eigenvalue weighted by Crippen LogP contribution is 2.72. The van der Waals surface area contributed by atoms with E-state index in [0.29, 0.717) is 19.3 Å². The zero-order valence-corrected chi connectivity index (χ0v) is 28.3. The van der Waals surface area contributed by atoms with Gasteiger partial charge in [-0.15, -0.1) is 0 Å². The third kappa shape index (κ3) is 5.47. The standard InChI is InChI=1S/C36H50F2O9/c1-7-8-31-46-30-15-23-24-14-26(37)25-13-22(40)9-10-33(25,5)35(24,38)28(42)16-34(23,6)36(30,47-31)29(43)18-45-32(44)21(11-19(2)3)12-27(41)20(4)17-39/h9-10,13,19-21,23-24,26,28,30-31,39,42H,7-8,11-12,14-18H2,1-6H3/t20-,21+,23-,24-,26-,28-,30+,31?,33-,34-,35-,36+/m0/s1. The van der Waals surface area contributed by atoms with Crippen molar-refractivity contribution < 1.29 is 52.4 Å². The van der Waals surface area contributed by atoms with E-state index in [1.165, 1.54) is 19.1 Å². The summed E-state index contributed by atoms with van der Waals surface area (Å²) >= 11 is 0. The minimum atomic E-state index is -2.33. The number of rotatable bonds is 12. The Balaban J connectivity index is 1.46. The number of hydrogen-bond acceptors (Lipinski definition) is 9. The Hall–Kier alpha value is -2.34. The van der Waals surface area contributed by atoms with E-state index in [1.54, 1.807) is 13.8 Å². The van der Waals surface area contributed by atoms with Crippen molar-refractivity contribution in [2.75, 3.05) is 13.2 Å². The molecule has 4 fully saturated rings. The summed E-state index contributed by atoms with van der Waals surface area (Å²) in [5.41, 5.74) is -6.80. The molecule has 4 aliphatic carbocycles. The fourth-order valence-corrected chi connectivity index (χ4v) is 9.63. The largest absolute Gasteiger partial charge is 0.457 e. The number of carbonyl (C=O) groups excluding carboxylic acids is 4. The van der Waals surface area contributed by atoms with Crippen molar-refractivity contribution in [2.24, 2.45) is 40.4 Å². The highest BCUT2D eigenvalue weighted by Gasteiger charge is 2.80. The third-order valence-corrected chi connectivity index (χ3v) is 12.1.